The summed E-state index contributed by atoms with van der Waals surface area (Å²) in [5.74, 6) is 0. The minimum atomic E-state index is -0.543. The van der Waals surface area contributed by atoms with Gasteiger partial charge in [-0.05, 0) is 98.0 Å². The van der Waals surface area contributed by atoms with E-state index >= 15 is 0 Å². The first kappa shape index (κ1) is 22.0. The average Bonchev–Trinajstić information content (AvgIpc) is 3.70. The molecule has 1 aromatic heterocycles. The molecule has 0 spiro atoms. The van der Waals surface area contributed by atoms with Gasteiger partial charge in [0.05, 0.1) is 23.4 Å². The van der Waals surface area contributed by atoms with Crippen molar-refractivity contribution in [3.8, 4) is 33.4 Å². The molecule has 1 heterocycles. The van der Waals surface area contributed by atoms with Crippen LogP contribution in [0.1, 0.15) is 12.3 Å². The molecule has 2 heteroatoms. The zero-order valence-electron chi connectivity index (χ0n) is 36.7. The normalized spacial score (nSPS) is 13.9. The quantitative estimate of drug-likeness (QED) is 0.175. The minimum absolute atomic E-state index is 0.0161. The number of benzene rings is 9. The molecule has 0 saturated carbocycles. The number of nitrogens with zero attached hydrogens (tertiary/aromatic N) is 1. The molecule has 244 valence electrons. The smallest absolute Gasteiger partial charge is 0.143 e. The van der Waals surface area contributed by atoms with Gasteiger partial charge in [-0.15, -0.1) is 0 Å². The lowest BCUT2D eigenvalue weighted by molar-refractivity contribution is 0.672. The molecule has 0 bridgehead atoms. The molecule has 0 N–H and O–H groups in total. The molecule has 0 amide bonds. The molecular formula is C50H33NO. The van der Waals surface area contributed by atoms with Gasteiger partial charge < -0.3 is 9.32 Å². The third-order valence-electron chi connectivity index (χ3n) is 9.61. The zero-order valence-corrected chi connectivity index (χ0v) is 27.7. The third-order valence-corrected chi connectivity index (χ3v) is 9.61. The minimum Gasteiger partial charge on any atom is -0.455 e. The Morgan fingerprint density at radius 1 is 0.404 bits per heavy atom. The molecule has 9 aromatic carbocycles. The Labute approximate surface area is 315 Å². The van der Waals surface area contributed by atoms with Gasteiger partial charge in [-0.3, -0.25) is 0 Å². The van der Waals surface area contributed by atoms with Crippen LogP contribution in [0, 0.1) is 0 Å². The Morgan fingerprint density at radius 3 is 1.69 bits per heavy atom. The summed E-state index contributed by atoms with van der Waals surface area (Å²) in [4.78, 5) is 1.79. The summed E-state index contributed by atoms with van der Waals surface area (Å²) in [5, 5.41) is 2.08. The molecule has 0 aliphatic carbocycles. The molecule has 0 atom stereocenters. The Morgan fingerprint density at radius 2 is 0.981 bits per heavy atom. The second-order valence-electron chi connectivity index (χ2n) is 12.7. The first-order valence-corrected chi connectivity index (χ1v) is 17.0. The van der Waals surface area contributed by atoms with Gasteiger partial charge in [0, 0.05) is 22.1 Å². The number of anilines is 3. The maximum Gasteiger partial charge on any atom is 0.143 e. The van der Waals surface area contributed by atoms with Gasteiger partial charge in [-0.2, -0.15) is 0 Å². The summed E-state index contributed by atoms with van der Waals surface area (Å²) < 4.78 is 86.4. The van der Waals surface area contributed by atoms with Crippen molar-refractivity contribution in [1.82, 2.24) is 0 Å². The van der Waals surface area contributed by atoms with Crippen molar-refractivity contribution in [2.24, 2.45) is 0 Å². The Hall–Kier alpha value is -6.90. The van der Waals surface area contributed by atoms with E-state index in [1.54, 1.807) is 4.90 Å². The lowest BCUT2D eigenvalue weighted by atomic mass is 9.99. The lowest BCUT2D eigenvalue weighted by Crippen LogP contribution is -2.10. The van der Waals surface area contributed by atoms with Crippen molar-refractivity contribution >= 4 is 60.5 Å². The summed E-state index contributed by atoms with van der Waals surface area (Å²) in [6, 6.07) is 44.4. The van der Waals surface area contributed by atoms with Gasteiger partial charge >= 0.3 is 0 Å². The Bertz CT molecular complexity index is 3390. The standard InChI is InChI=1S/C50H33NO/c1-2-9-34(10-3-1)36-17-19-37(20-18-36)38-23-28-43(29-24-38)51(44-30-25-39(26-31-44)42-22-21-35-11-4-5-13-41(35)33-42)47-15-8-16-48-49(47)46-32-27-40-12-6-7-14-45(40)50(46)52-48/h1-33H/i6D,7D,8D,12D,14D,15D,16D,27D,32D. The van der Waals surface area contributed by atoms with Crippen molar-refractivity contribution in [2.75, 3.05) is 4.90 Å². The highest BCUT2D eigenvalue weighted by Gasteiger charge is 2.20. The van der Waals surface area contributed by atoms with Gasteiger partial charge in [0.15, 0.2) is 0 Å². The first-order valence-electron chi connectivity index (χ1n) is 21.5. The largest absolute Gasteiger partial charge is 0.455 e. The van der Waals surface area contributed by atoms with E-state index in [0.29, 0.717) is 11.4 Å². The van der Waals surface area contributed by atoms with Crippen LogP contribution in [0.4, 0.5) is 17.1 Å². The molecule has 0 radical (unpaired) electrons. The van der Waals surface area contributed by atoms with Gasteiger partial charge in [0.2, 0.25) is 0 Å². The monoisotopic (exact) mass is 672 g/mol. The van der Waals surface area contributed by atoms with Crippen LogP contribution < -0.4 is 4.90 Å². The molecule has 0 saturated heterocycles. The number of furan rings is 1. The number of rotatable bonds is 6. The molecule has 0 unspecified atom stereocenters. The Kier molecular flexibility index (Phi) is 5.28. The van der Waals surface area contributed by atoms with E-state index < -0.39 is 42.3 Å². The fourth-order valence-electron chi connectivity index (χ4n) is 6.99. The van der Waals surface area contributed by atoms with Crippen molar-refractivity contribution in [3.05, 3.63) is 200 Å². The summed E-state index contributed by atoms with van der Waals surface area (Å²) in [5.41, 5.74) is 7.18. The van der Waals surface area contributed by atoms with Crippen molar-refractivity contribution in [3.63, 3.8) is 0 Å². The third kappa shape index (κ3) is 5.21. The predicted octanol–water partition coefficient (Wildman–Crippen LogP) is 14.4. The second-order valence-corrected chi connectivity index (χ2v) is 12.7. The average molecular weight is 673 g/mol. The molecule has 10 aromatic rings. The van der Waals surface area contributed by atoms with Gasteiger partial charge in [0.1, 0.15) is 11.2 Å². The van der Waals surface area contributed by atoms with E-state index in [2.05, 4.69) is 66.7 Å². The van der Waals surface area contributed by atoms with Gasteiger partial charge in [-0.1, -0.05) is 152 Å². The van der Waals surface area contributed by atoms with Crippen LogP contribution in [0.5, 0.6) is 0 Å². The fourth-order valence-corrected chi connectivity index (χ4v) is 6.99. The second kappa shape index (κ2) is 12.5. The Balaban J connectivity index is 1.20. The van der Waals surface area contributed by atoms with Gasteiger partial charge in [0.25, 0.3) is 0 Å². The summed E-state index contributed by atoms with van der Waals surface area (Å²) in [7, 11) is 0. The molecular weight excluding hydrogens is 631 g/mol. The molecule has 0 fully saturated rings. The number of hydrogen-bond donors (Lipinski definition) is 0. The van der Waals surface area contributed by atoms with Crippen molar-refractivity contribution < 1.29 is 16.8 Å². The maximum absolute atomic E-state index is 9.49. The van der Waals surface area contributed by atoms with Gasteiger partial charge in [-0.25, -0.2) is 0 Å². The van der Waals surface area contributed by atoms with Crippen LogP contribution >= 0.6 is 0 Å². The fraction of sp³-hybridized carbons (Fsp3) is 0. The van der Waals surface area contributed by atoms with Crippen LogP contribution in [0.3, 0.4) is 0 Å². The molecule has 52 heavy (non-hydrogen) atoms. The van der Waals surface area contributed by atoms with Crippen LogP contribution in [0.15, 0.2) is 204 Å². The SMILES string of the molecule is [2H]c1c([2H])c(N(c2ccc(-c3ccc(-c4ccccc4)cc3)cc2)c2ccc(-c3ccc4ccccc4c3)cc2)c2c(oc3c4c([2H])c([2H])c([2H])c([2H])c4c([2H])c([2H])c32)c1[2H]. The highest BCUT2D eigenvalue weighted by molar-refractivity contribution is 6.19. The summed E-state index contributed by atoms with van der Waals surface area (Å²) in [6.07, 6.45) is 0. The van der Waals surface area contributed by atoms with E-state index in [-0.39, 0.29) is 50.5 Å². The van der Waals surface area contributed by atoms with Crippen LogP contribution in [0.25, 0.3) is 76.9 Å². The van der Waals surface area contributed by atoms with Crippen LogP contribution in [-0.4, -0.2) is 0 Å². The van der Waals surface area contributed by atoms with E-state index in [0.717, 1.165) is 44.2 Å². The van der Waals surface area contributed by atoms with E-state index in [4.69, 9.17) is 14.0 Å². The topological polar surface area (TPSA) is 16.4 Å². The lowest BCUT2D eigenvalue weighted by Gasteiger charge is -2.26. The number of fused-ring (bicyclic) bond motifs is 6. The summed E-state index contributed by atoms with van der Waals surface area (Å²) >= 11 is 0. The molecule has 10 rings (SSSR count). The highest BCUT2D eigenvalue weighted by Crippen LogP contribution is 2.45. The highest BCUT2D eigenvalue weighted by atomic mass is 16.3. The van der Waals surface area contributed by atoms with Crippen LogP contribution in [0.2, 0.25) is 0 Å². The zero-order chi connectivity index (χ0) is 42.3. The first-order chi connectivity index (χ1) is 29.5. The maximum atomic E-state index is 9.49. The molecule has 0 aliphatic rings. The van der Waals surface area contributed by atoms with Crippen molar-refractivity contribution in [2.45, 2.75) is 0 Å². The molecule has 0 aliphatic heterocycles. The van der Waals surface area contributed by atoms with E-state index in [1.807, 2.05) is 78.9 Å². The number of hydrogen-bond acceptors (Lipinski definition) is 2. The van der Waals surface area contributed by atoms with E-state index in [9.17, 15) is 2.74 Å². The summed E-state index contributed by atoms with van der Waals surface area (Å²) in [6.45, 7) is 0. The predicted molar refractivity (Wildman–Crippen MR) is 220 cm³/mol. The van der Waals surface area contributed by atoms with Crippen LogP contribution in [-0.2, 0) is 0 Å². The van der Waals surface area contributed by atoms with E-state index in [1.165, 1.54) is 0 Å². The molecule has 2 nitrogen and oxygen atoms in total. The van der Waals surface area contributed by atoms with Crippen molar-refractivity contribution in [1.29, 1.82) is 0 Å².